The average molecular weight is 551 g/mol. The zero-order chi connectivity index (χ0) is 26.9. The molecule has 0 radical (unpaired) electrons. The second-order valence-corrected chi connectivity index (χ2v) is 12.1. The fourth-order valence-corrected chi connectivity index (χ4v) is 6.06. The Kier molecular flexibility index (Phi) is 7.47. The van der Waals surface area contributed by atoms with Crippen LogP contribution in [-0.2, 0) is 0 Å². The van der Waals surface area contributed by atoms with Gasteiger partial charge in [0.15, 0.2) is 5.11 Å². The molecule has 2 heterocycles. The maximum atomic E-state index is 6.57. The van der Waals surface area contributed by atoms with Gasteiger partial charge < -0.3 is 15.0 Å². The van der Waals surface area contributed by atoms with Gasteiger partial charge in [-0.05, 0) is 73.3 Å². The molecular weight excluding hydrogens is 516 g/mol. The van der Waals surface area contributed by atoms with Crippen LogP contribution in [0.15, 0.2) is 66.2 Å². The van der Waals surface area contributed by atoms with Gasteiger partial charge in [0.05, 0.1) is 0 Å². The minimum absolute atomic E-state index is 0.273. The minimum atomic E-state index is -0.533. The summed E-state index contributed by atoms with van der Waals surface area (Å²) in [5, 5.41) is 9.37. The molecule has 2 atom stereocenters. The quantitative estimate of drug-likeness (QED) is 0.343. The van der Waals surface area contributed by atoms with Crippen molar-refractivity contribution in [3.8, 4) is 5.75 Å². The predicted molar refractivity (Wildman–Crippen MR) is 157 cm³/mol. The lowest BCUT2D eigenvalue weighted by atomic mass is 9.79. The first kappa shape index (κ1) is 26.6. The number of aromatic nitrogens is 3. The SMILES string of the molecule is Cc1ccccc1N1C(=S)NC(=N[C@@H]([C@H](Oc2ccc(Cl)cc2)n2cncn2)C(C)(C)C)C12CCCCC2. The van der Waals surface area contributed by atoms with Gasteiger partial charge in [-0.2, -0.15) is 5.10 Å². The van der Waals surface area contributed by atoms with Crippen LogP contribution in [-0.4, -0.2) is 37.3 Å². The summed E-state index contributed by atoms with van der Waals surface area (Å²) in [6.07, 6.45) is 8.10. The van der Waals surface area contributed by atoms with Crippen molar-refractivity contribution in [1.82, 2.24) is 20.1 Å². The van der Waals surface area contributed by atoms with Gasteiger partial charge in [-0.25, -0.2) is 9.67 Å². The number of thiocarbonyl (C=S) groups is 1. The van der Waals surface area contributed by atoms with Crippen LogP contribution < -0.4 is 15.0 Å². The van der Waals surface area contributed by atoms with Crippen molar-refractivity contribution in [3.05, 3.63) is 71.8 Å². The first-order valence-corrected chi connectivity index (χ1v) is 14.0. The number of rotatable bonds is 6. The van der Waals surface area contributed by atoms with E-state index in [9.17, 15) is 0 Å². The molecule has 0 amide bonds. The van der Waals surface area contributed by atoms with Gasteiger partial charge in [-0.3, -0.25) is 4.99 Å². The molecule has 1 spiro atoms. The highest BCUT2D eigenvalue weighted by Crippen LogP contribution is 2.43. The van der Waals surface area contributed by atoms with E-state index in [1.807, 2.05) is 24.3 Å². The Hall–Kier alpha value is -2.97. The van der Waals surface area contributed by atoms with Crippen molar-refractivity contribution < 1.29 is 4.74 Å². The molecule has 2 aliphatic rings. The molecule has 0 bridgehead atoms. The summed E-state index contributed by atoms with van der Waals surface area (Å²) >= 11 is 12.1. The molecule has 1 N–H and O–H groups in total. The summed E-state index contributed by atoms with van der Waals surface area (Å²) in [6.45, 7) is 8.67. The molecule has 3 aromatic rings. The Morgan fingerprint density at radius 3 is 2.42 bits per heavy atom. The van der Waals surface area contributed by atoms with E-state index in [4.69, 9.17) is 33.5 Å². The molecular formula is C29H35ClN6OS. The van der Waals surface area contributed by atoms with E-state index in [-0.39, 0.29) is 17.0 Å². The number of aryl methyl sites for hydroxylation is 1. The lowest BCUT2D eigenvalue weighted by Crippen LogP contribution is -2.52. The molecule has 2 aromatic carbocycles. The van der Waals surface area contributed by atoms with Crippen molar-refractivity contribution >= 4 is 40.5 Å². The summed E-state index contributed by atoms with van der Waals surface area (Å²) < 4.78 is 8.31. The Morgan fingerprint density at radius 1 is 1.08 bits per heavy atom. The van der Waals surface area contributed by atoms with E-state index in [0.717, 1.165) is 37.2 Å². The van der Waals surface area contributed by atoms with Crippen molar-refractivity contribution in [2.45, 2.75) is 77.6 Å². The van der Waals surface area contributed by atoms with Crippen LogP contribution in [0.4, 0.5) is 5.69 Å². The van der Waals surface area contributed by atoms with Crippen LogP contribution in [0.2, 0.25) is 5.02 Å². The van der Waals surface area contributed by atoms with Crippen LogP contribution in [0.1, 0.15) is 64.7 Å². The Labute approximate surface area is 235 Å². The number of aliphatic imine (C=N–C) groups is 1. The third kappa shape index (κ3) is 5.16. The highest BCUT2D eigenvalue weighted by atomic mass is 35.5. The zero-order valence-electron chi connectivity index (χ0n) is 22.4. The topological polar surface area (TPSA) is 67.6 Å². The Bertz CT molecular complexity index is 1300. The molecule has 1 aliphatic carbocycles. The lowest BCUT2D eigenvalue weighted by molar-refractivity contribution is 0.0469. The minimum Gasteiger partial charge on any atom is -0.466 e. The number of amidine groups is 1. The maximum absolute atomic E-state index is 6.57. The zero-order valence-corrected chi connectivity index (χ0v) is 24.0. The van der Waals surface area contributed by atoms with Gasteiger partial charge in [0.1, 0.15) is 35.8 Å². The lowest BCUT2D eigenvalue weighted by Gasteiger charge is -2.42. The van der Waals surface area contributed by atoms with Gasteiger partial charge in [0.2, 0.25) is 6.23 Å². The van der Waals surface area contributed by atoms with Gasteiger partial charge in [0.25, 0.3) is 0 Å². The number of hydrogen-bond donors (Lipinski definition) is 1. The van der Waals surface area contributed by atoms with Gasteiger partial charge in [-0.1, -0.05) is 69.8 Å². The van der Waals surface area contributed by atoms with E-state index in [0.29, 0.717) is 15.9 Å². The van der Waals surface area contributed by atoms with Crippen molar-refractivity contribution in [3.63, 3.8) is 0 Å². The monoisotopic (exact) mass is 550 g/mol. The number of benzene rings is 2. The third-order valence-electron chi connectivity index (χ3n) is 7.53. The van der Waals surface area contributed by atoms with E-state index in [1.165, 1.54) is 18.3 Å². The molecule has 200 valence electrons. The van der Waals surface area contributed by atoms with Gasteiger partial charge in [0, 0.05) is 10.7 Å². The Balaban J connectivity index is 1.61. The van der Waals surface area contributed by atoms with Crippen LogP contribution in [0.25, 0.3) is 0 Å². The number of para-hydroxylation sites is 1. The first-order chi connectivity index (χ1) is 18.2. The number of nitrogens with one attached hydrogen (secondary N) is 1. The molecule has 5 rings (SSSR count). The van der Waals surface area contributed by atoms with Crippen molar-refractivity contribution in [1.29, 1.82) is 0 Å². The first-order valence-electron chi connectivity index (χ1n) is 13.2. The molecule has 9 heteroatoms. The van der Waals surface area contributed by atoms with E-state index in [1.54, 1.807) is 11.0 Å². The summed E-state index contributed by atoms with van der Waals surface area (Å²) in [7, 11) is 0. The van der Waals surface area contributed by atoms with Crippen molar-refractivity contribution in [2.75, 3.05) is 4.90 Å². The number of nitrogens with zero attached hydrogens (tertiary/aromatic N) is 5. The molecule has 1 aliphatic heterocycles. The molecule has 38 heavy (non-hydrogen) atoms. The standard InChI is InChI=1S/C29H35ClN6OS/c1-20-10-6-7-11-23(20)36-27(38)34-26(29(36)16-8-5-9-17-29)33-24(28(2,3)4)25(35-19-31-18-32-35)37-22-14-12-21(30)13-15-22/h6-7,10-15,18-19,24-25H,5,8-9,16-17H2,1-4H3,(H,33,34,38)/t24-,25-/m0/s1. The summed E-state index contributed by atoms with van der Waals surface area (Å²) in [5.41, 5.74) is 1.74. The van der Waals surface area contributed by atoms with Crippen LogP contribution in [0.3, 0.4) is 0 Å². The molecule has 1 saturated heterocycles. The number of anilines is 1. The second kappa shape index (κ2) is 10.7. The third-order valence-corrected chi connectivity index (χ3v) is 8.06. The summed E-state index contributed by atoms with van der Waals surface area (Å²) in [6, 6.07) is 15.5. The number of halogens is 1. The van der Waals surface area contributed by atoms with E-state index >= 15 is 0 Å². The number of hydrogen-bond acceptors (Lipinski definition) is 5. The van der Waals surface area contributed by atoms with E-state index < -0.39 is 6.23 Å². The fraction of sp³-hybridized carbons (Fsp3) is 0.448. The van der Waals surface area contributed by atoms with Crippen LogP contribution in [0, 0.1) is 12.3 Å². The van der Waals surface area contributed by atoms with Crippen molar-refractivity contribution in [2.24, 2.45) is 10.4 Å². The molecule has 7 nitrogen and oxygen atoms in total. The molecule has 0 unspecified atom stereocenters. The van der Waals surface area contributed by atoms with Crippen LogP contribution >= 0.6 is 23.8 Å². The number of ether oxygens (including phenoxy) is 1. The fourth-order valence-electron chi connectivity index (χ4n) is 5.57. The summed E-state index contributed by atoms with van der Waals surface area (Å²) in [5.74, 6) is 1.60. The molecule has 1 aromatic heterocycles. The molecule has 1 saturated carbocycles. The van der Waals surface area contributed by atoms with Gasteiger partial charge >= 0.3 is 0 Å². The van der Waals surface area contributed by atoms with E-state index in [2.05, 4.69) is 72.3 Å². The molecule has 2 fully saturated rings. The Morgan fingerprint density at radius 2 is 1.79 bits per heavy atom. The summed E-state index contributed by atoms with van der Waals surface area (Å²) in [4.78, 5) is 12.0. The predicted octanol–water partition coefficient (Wildman–Crippen LogP) is 6.73. The highest BCUT2D eigenvalue weighted by Gasteiger charge is 2.51. The smallest absolute Gasteiger partial charge is 0.215 e. The maximum Gasteiger partial charge on any atom is 0.215 e. The highest BCUT2D eigenvalue weighted by molar-refractivity contribution is 7.80. The van der Waals surface area contributed by atoms with Crippen LogP contribution in [0.5, 0.6) is 5.75 Å². The average Bonchev–Trinajstić information content (AvgIpc) is 3.50. The largest absolute Gasteiger partial charge is 0.466 e. The second-order valence-electron chi connectivity index (χ2n) is 11.3. The normalized spacial score (nSPS) is 20.0. The van der Waals surface area contributed by atoms with Gasteiger partial charge in [-0.15, -0.1) is 0 Å².